The Morgan fingerprint density at radius 2 is 1.73 bits per heavy atom. The first kappa shape index (κ1) is 20.4. The van der Waals surface area contributed by atoms with Crippen LogP contribution < -0.4 is 10.1 Å². The van der Waals surface area contributed by atoms with Gasteiger partial charge in [0.25, 0.3) is 10.1 Å². The minimum Gasteiger partial charge on any atom is -0.485 e. The molecule has 2 aromatic rings. The zero-order chi connectivity index (χ0) is 19.0. The first-order valence-corrected chi connectivity index (χ1v) is 10.3. The molecule has 1 aliphatic rings. The lowest BCUT2D eigenvalue weighted by Crippen LogP contribution is -2.32. The zero-order valence-corrected chi connectivity index (χ0v) is 15.5. The smallest absolute Gasteiger partial charge is 0.261 e. The summed E-state index contributed by atoms with van der Waals surface area (Å²) in [6.45, 7) is 2.03. The minimum absolute atomic E-state index is 0.0184. The molecule has 2 aromatic carbocycles. The van der Waals surface area contributed by atoms with Crippen molar-refractivity contribution in [3.63, 3.8) is 0 Å². The van der Waals surface area contributed by atoms with E-state index in [1.807, 2.05) is 24.3 Å². The molecule has 2 N–H and O–H groups in total. The summed E-state index contributed by atoms with van der Waals surface area (Å²) in [4.78, 5) is 0. The van der Waals surface area contributed by atoms with Gasteiger partial charge in [0.05, 0.1) is 6.26 Å². The second-order valence-electron chi connectivity index (χ2n) is 6.23. The van der Waals surface area contributed by atoms with Gasteiger partial charge in [0, 0.05) is 12.0 Å². The molecular formula is C19H24FNO4S. The van der Waals surface area contributed by atoms with E-state index in [9.17, 15) is 12.8 Å². The third-order valence-electron chi connectivity index (χ3n) is 4.00. The van der Waals surface area contributed by atoms with Crippen LogP contribution >= 0.6 is 0 Å². The summed E-state index contributed by atoms with van der Waals surface area (Å²) < 4.78 is 45.4. The maximum Gasteiger partial charge on any atom is 0.261 e. The fourth-order valence-corrected chi connectivity index (χ4v) is 2.91. The zero-order valence-electron chi connectivity index (χ0n) is 14.6. The number of hydrogen-bond donors (Lipinski definition) is 2. The Hall–Kier alpha value is -1.96. The van der Waals surface area contributed by atoms with Crippen LogP contribution in [-0.2, 0) is 10.1 Å². The lowest BCUT2D eigenvalue weighted by atomic mass is 9.88. The maximum absolute atomic E-state index is 13.4. The van der Waals surface area contributed by atoms with Crippen molar-refractivity contribution in [3.05, 3.63) is 66.0 Å². The van der Waals surface area contributed by atoms with Gasteiger partial charge in [0.2, 0.25) is 0 Å². The molecule has 142 valence electrons. The van der Waals surface area contributed by atoms with Gasteiger partial charge in [-0.3, -0.25) is 4.55 Å². The minimum atomic E-state index is -3.67. The molecule has 1 fully saturated rings. The van der Waals surface area contributed by atoms with Gasteiger partial charge in [-0.25, -0.2) is 4.39 Å². The summed E-state index contributed by atoms with van der Waals surface area (Å²) in [5, 5.41) is 3.38. The van der Waals surface area contributed by atoms with Crippen LogP contribution in [0.3, 0.4) is 0 Å². The molecule has 26 heavy (non-hydrogen) atoms. The molecule has 1 aliphatic heterocycles. The summed E-state index contributed by atoms with van der Waals surface area (Å²) in [5.74, 6) is 0.795. The molecule has 5 nitrogen and oxygen atoms in total. The molecule has 1 atom stereocenters. The summed E-state index contributed by atoms with van der Waals surface area (Å²) in [6.07, 6.45) is 2.85. The van der Waals surface area contributed by atoms with E-state index in [2.05, 4.69) is 17.4 Å². The van der Waals surface area contributed by atoms with E-state index in [-0.39, 0.29) is 11.9 Å². The van der Waals surface area contributed by atoms with Crippen LogP contribution in [0.1, 0.15) is 24.5 Å². The van der Waals surface area contributed by atoms with E-state index in [1.165, 1.54) is 12.1 Å². The van der Waals surface area contributed by atoms with Gasteiger partial charge in [-0.1, -0.05) is 36.4 Å². The van der Waals surface area contributed by atoms with Crippen molar-refractivity contribution in [1.82, 2.24) is 5.32 Å². The number of ether oxygens (including phenoxy) is 1. The highest BCUT2D eigenvalue weighted by Crippen LogP contribution is 2.33. The van der Waals surface area contributed by atoms with Gasteiger partial charge < -0.3 is 10.1 Å². The third-order valence-corrected chi connectivity index (χ3v) is 4.00. The Morgan fingerprint density at radius 3 is 2.31 bits per heavy atom. The van der Waals surface area contributed by atoms with Gasteiger partial charge >= 0.3 is 0 Å². The van der Waals surface area contributed by atoms with Gasteiger partial charge in [0.15, 0.2) is 0 Å². The van der Waals surface area contributed by atoms with Crippen LogP contribution in [0.2, 0.25) is 0 Å². The molecule has 1 unspecified atom stereocenters. The molecule has 0 bridgehead atoms. The van der Waals surface area contributed by atoms with E-state index >= 15 is 0 Å². The van der Waals surface area contributed by atoms with E-state index in [0.717, 1.165) is 31.5 Å². The van der Waals surface area contributed by atoms with Crippen LogP contribution in [0.5, 0.6) is 5.75 Å². The quantitative estimate of drug-likeness (QED) is 0.794. The number of hydrogen-bond acceptors (Lipinski definition) is 4. The topological polar surface area (TPSA) is 75.6 Å². The van der Waals surface area contributed by atoms with Crippen molar-refractivity contribution in [3.8, 4) is 5.75 Å². The fourth-order valence-electron chi connectivity index (χ4n) is 2.91. The van der Waals surface area contributed by atoms with Crippen LogP contribution in [0.25, 0.3) is 0 Å². The van der Waals surface area contributed by atoms with Crippen molar-refractivity contribution in [1.29, 1.82) is 0 Å². The summed E-state index contributed by atoms with van der Waals surface area (Å²) in [5.41, 5.74) is 1.16. The normalized spacial score (nSPS) is 16.3. The number of piperidine rings is 1. The van der Waals surface area contributed by atoms with Crippen LogP contribution in [0, 0.1) is 11.7 Å². The molecule has 0 radical (unpaired) electrons. The van der Waals surface area contributed by atoms with Crippen molar-refractivity contribution in [2.75, 3.05) is 19.3 Å². The highest BCUT2D eigenvalue weighted by Gasteiger charge is 2.26. The van der Waals surface area contributed by atoms with Crippen LogP contribution in [-0.4, -0.2) is 32.3 Å². The lowest BCUT2D eigenvalue weighted by Gasteiger charge is -2.31. The second-order valence-corrected chi connectivity index (χ2v) is 7.69. The number of rotatable bonds is 4. The maximum atomic E-state index is 13.4. The Balaban J connectivity index is 0.000000431. The largest absolute Gasteiger partial charge is 0.485 e. The SMILES string of the molecule is CS(=O)(=O)O.Fc1cccc(OC(c2ccccc2)C2CCNCC2)c1. The standard InChI is InChI=1S/C18H20FNO.CH4O3S/c19-16-7-4-8-17(13-16)21-18(14-5-2-1-3-6-14)15-9-11-20-12-10-15;1-5(2,3)4/h1-8,13,15,18,20H,9-12H2;1H3,(H,2,3,4). The van der Waals surface area contributed by atoms with Crippen LogP contribution in [0.15, 0.2) is 54.6 Å². The van der Waals surface area contributed by atoms with Gasteiger partial charge in [-0.2, -0.15) is 8.42 Å². The predicted molar refractivity (Wildman–Crippen MR) is 99.3 cm³/mol. The molecule has 1 saturated heterocycles. The van der Waals surface area contributed by atoms with E-state index in [0.29, 0.717) is 17.9 Å². The molecular weight excluding hydrogens is 357 g/mol. The highest BCUT2D eigenvalue weighted by molar-refractivity contribution is 7.85. The molecule has 0 saturated carbocycles. The lowest BCUT2D eigenvalue weighted by molar-refractivity contribution is 0.112. The summed E-state index contributed by atoms with van der Waals surface area (Å²) >= 11 is 0. The molecule has 1 heterocycles. The fraction of sp³-hybridized carbons (Fsp3) is 0.368. The van der Waals surface area contributed by atoms with E-state index < -0.39 is 10.1 Å². The number of nitrogens with one attached hydrogen (secondary N) is 1. The Bertz CT molecular complexity index is 769. The third kappa shape index (κ3) is 7.51. The van der Waals surface area contributed by atoms with Gasteiger partial charge in [-0.05, 0) is 43.6 Å². The number of halogens is 1. The van der Waals surface area contributed by atoms with Gasteiger partial charge in [0.1, 0.15) is 17.7 Å². The first-order valence-electron chi connectivity index (χ1n) is 8.43. The molecule has 0 aromatic heterocycles. The van der Waals surface area contributed by atoms with Crippen molar-refractivity contribution >= 4 is 10.1 Å². The van der Waals surface area contributed by atoms with E-state index in [4.69, 9.17) is 9.29 Å². The van der Waals surface area contributed by atoms with Crippen molar-refractivity contribution < 1.29 is 22.1 Å². The predicted octanol–water partition coefficient (Wildman–Crippen LogP) is 3.45. The van der Waals surface area contributed by atoms with Crippen molar-refractivity contribution in [2.24, 2.45) is 5.92 Å². The number of benzene rings is 2. The van der Waals surface area contributed by atoms with Crippen LogP contribution in [0.4, 0.5) is 4.39 Å². The van der Waals surface area contributed by atoms with E-state index in [1.54, 1.807) is 6.07 Å². The van der Waals surface area contributed by atoms with Crippen molar-refractivity contribution in [2.45, 2.75) is 18.9 Å². The molecule has 3 rings (SSSR count). The molecule has 7 heteroatoms. The molecule has 0 amide bonds. The average molecular weight is 381 g/mol. The summed E-state index contributed by atoms with van der Waals surface area (Å²) in [7, 11) is -3.67. The summed E-state index contributed by atoms with van der Waals surface area (Å²) in [6, 6.07) is 16.6. The van der Waals surface area contributed by atoms with Gasteiger partial charge in [-0.15, -0.1) is 0 Å². The Morgan fingerprint density at radius 1 is 1.12 bits per heavy atom. The molecule has 0 spiro atoms. The second kappa shape index (κ2) is 9.66. The monoisotopic (exact) mass is 381 g/mol. The average Bonchev–Trinajstić information content (AvgIpc) is 2.60. The first-order chi connectivity index (χ1) is 12.3. The highest BCUT2D eigenvalue weighted by atomic mass is 32.2. The molecule has 0 aliphatic carbocycles. The Labute approximate surface area is 154 Å². The Kier molecular flexibility index (Phi) is 7.56.